The fourth-order valence-electron chi connectivity index (χ4n) is 3.06. The average Bonchev–Trinajstić information content (AvgIpc) is 2.82. The van der Waals surface area contributed by atoms with Gasteiger partial charge >= 0.3 is 6.03 Å². The molecule has 0 spiro atoms. The lowest BCUT2D eigenvalue weighted by atomic mass is 9.95. The number of nitrogen functional groups attached to an aromatic ring is 1. The van der Waals surface area contributed by atoms with E-state index in [4.69, 9.17) is 15.2 Å². The molecule has 8 nitrogen and oxygen atoms in total. The van der Waals surface area contributed by atoms with Gasteiger partial charge in [0, 0.05) is 23.9 Å². The van der Waals surface area contributed by atoms with Crippen LogP contribution in [-0.2, 0) is 11.2 Å². The first-order valence-electron chi connectivity index (χ1n) is 8.49. The van der Waals surface area contributed by atoms with Crippen molar-refractivity contribution in [3.05, 3.63) is 53.1 Å². The number of nitrogens with zero attached hydrogens (tertiary/aromatic N) is 2. The van der Waals surface area contributed by atoms with E-state index in [1.54, 1.807) is 36.4 Å². The highest BCUT2D eigenvalue weighted by atomic mass is 16.6. The van der Waals surface area contributed by atoms with Crippen LogP contribution < -0.4 is 20.5 Å². The van der Waals surface area contributed by atoms with Crippen molar-refractivity contribution in [2.24, 2.45) is 5.10 Å². The Bertz CT molecular complexity index is 953. The number of fused-ring (bicyclic) bond motifs is 2. The predicted octanol–water partition coefficient (Wildman–Crippen LogP) is 1.52. The monoisotopic (exact) mass is 366 g/mol. The molecule has 0 bridgehead atoms. The van der Waals surface area contributed by atoms with Gasteiger partial charge in [0.2, 0.25) is 0 Å². The Labute approximate surface area is 155 Å². The summed E-state index contributed by atoms with van der Waals surface area (Å²) in [6.45, 7) is 0.895. The van der Waals surface area contributed by atoms with Crippen molar-refractivity contribution in [3.8, 4) is 11.5 Å². The Morgan fingerprint density at radius 3 is 2.48 bits per heavy atom. The van der Waals surface area contributed by atoms with Gasteiger partial charge in [-0.1, -0.05) is 12.1 Å². The number of anilines is 1. The van der Waals surface area contributed by atoms with E-state index in [0.29, 0.717) is 47.2 Å². The third kappa shape index (κ3) is 3.05. The molecule has 0 saturated carbocycles. The number of imide groups is 1. The third-order valence-electron chi connectivity index (χ3n) is 4.39. The van der Waals surface area contributed by atoms with Crippen LogP contribution in [0.3, 0.4) is 0 Å². The molecule has 0 aliphatic carbocycles. The SMILES string of the molecule is CNC(=O)N1N=C(c2ccc(N)cc2)c2cc3c(cc2CC1=O)OCCO3. The van der Waals surface area contributed by atoms with Crippen molar-refractivity contribution in [3.63, 3.8) is 0 Å². The van der Waals surface area contributed by atoms with Crippen LogP contribution in [0.25, 0.3) is 0 Å². The average molecular weight is 366 g/mol. The van der Waals surface area contributed by atoms with Crippen LogP contribution in [0, 0.1) is 0 Å². The van der Waals surface area contributed by atoms with Crippen molar-refractivity contribution >= 4 is 23.3 Å². The summed E-state index contributed by atoms with van der Waals surface area (Å²) >= 11 is 0. The standard InChI is InChI=1S/C19H18N4O4/c1-21-19(25)23-17(24)9-12-8-15-16(27-7-6-26-15)10-14(12)18(22-23)11-2-4-13(20)5-3-11/h2-5,8,10H,6-7,9,20H2,1H3,(H,21,25). The molecule has 0 unspecified atom stereocenters. The number of urea groups is 1. The lowest BCUT2D eigenvalue weighted by Gasteiger charge is -2.21. The number of hydrogen-bond donors (Lipinski definition) is 2. The molecule has 2 aliphatic rings. The molecule has 0 saturated heterocycles. The van der Waals surface area contributed by atoms with Crippen LogP contribution in [0.1, 0.15) is 16.7 Å². The molecular formula is C19H18N4O4. The molecule has 3 amide bonds. The van der Waals surface area contributed by atoms with E-state index in [2.05, 4.69) is 10.4 Å². The van der Waals surface area contributed by atoms with Crippen molar-refractivity contribution in [1.29, 1.82) is 0 Å². The van der Waals surface area contributed by atoms with E-state index in [0.717, 1.165) is 10.6 Å². The predicted molar refractivity (Wildman–Crippen MR) is 98.9 cm³/mol. The van der Waals surface area contributed by atoms with Crippen LogP contribution in [0.4, 0.5) is 10.5 Å². The van der Waals surface area contributed by atoms with E-state index in [1.165, 1.54) is 7.05 Å². The molecule has 2 heterocycles. The van der Waals surface area contributed by atoms with Crippen molar-refractivity contribution in [2.45, 2.75) is 6.42 Å². The fraction of sp³-hybridized carbons (Fsp3) is 0.211. The summed E-state index contributed by atoms with van der Waals surface area (Å²) in [6.07, 6.45) is 0.0152. The Kier molecular flexibility index (Phi) is 4.15. The van der Waals surface area contributed by atoms with Gasteiger partial charge in [0.25, 0.3) is 5.91 Å². The van der Waals surface area contributed by atoms with Gasteiger partial charge in [0.05, 0.1) is 12.1 Å². The molecule has 8 heteroatoms. The largest absolute Gasteiger partial charge is 0.486 e. The zero-order chi connectivity index (χ0) is 19.0. The molecule has 0 atom stereocenters. The number of ether oxygens (including phenoxy) is 2. The summed E-state index contributed by atoms with van der Waals surface area (Å²) in [4.78, 5) is 24.8. The van der Waals surface area contributed by atoms with Gasteiger partial charge in [-0.25, -0.2) is 4.79 Å². The number of nitrogens with two attached hydrogens (primary N) is 1. The highest BCUT2D eigenvalue weighted by Gasteiger charge is 2.29. The van der Waals surface area contributed by atoms with Crippen LogP contribution in [0.5, 0.6) is 11.5 Å². The van der Waals surface area contributed by atoms with Gasteiger partial charge in [-0.15, -0.1) is 5.01 Å². The molecule has 27 heavy (non-hydrogen) atoms. The van der Waals surface area contributed by atoms with Crippen LogP contribution >= 0.6 is 0 Å². The second-order valence-electron chi connectivity index (χ2n) is 6.16. The third-order valence-corrected chi connectivity index (χ3v) is 4.39. The molecule has 4 rings (SSSR count). The maximum Gasteiger partial charge on any atom is 0.344 e. The first kappa shape index (κ1) is 16.9. The topological polar surface area (TPSA) is 106 Å². The maximum atomic E-state index is 12.6. The minimum Gasteiger partial charge on any atom is -0.486 e. The van der Waals surface area contributed by atoms with E-state index in [-0.39, 0.29) is 6.42 Å². The van der Waals surface area contributed by atoms with Crippen molar-refractivity contribution < 1.29 is 19.1 Å². The molecule has 2 aliphatic heterocycles. The maximum absolute atomic E-state index is 12.6. The van der Waals surface area contributed by atoms with Crippen LogP contribution in [-0.4, -0.2) is 42.9 Å². The van der Waals surface area contributed by atoms with Crippen LogP contribution in [0.15, 0.2) is 41.5 Å². The first-order valence-corrected chi connectivity index (χ1v) is 8.49. The Hall–Kier alpha value is -3.55. The minimum absolute atomic E-state index is 0.0152. The van der Waals surface area contributed by atoms with E-state index in [9.17, 15) is 9.59 Å². The van der Waals surface area contributed by atoms with Gasteiger partial charge in [0.1, 0.15) is 13.2 Å². The van der Waals surface area contributed by atoms with Gasteiger partial charge < -0.3 is 20.5 Å². The van der Waals surface area contributed by atoms with Crippen molar-refractivity contribution in [2.75, 3.05) is 26.0 Å². The fourth-order valence-corrected chi connectivity index (χ4v) is 3.06. The second-order valence-corrected chi connectivity index (χ2v) is 6.16. The van der Waals surface area contributed by atoms with E-state index < -0.39 is 11.9 Å². The summed E-state index contributed by atoms with van der Waals surface area (Å²) < 4.78 is 11.3. The summed E-state index contributed by atoms with van der Waals surface area (Å²) in [5, 5.41) is 7.67. The van der Waals surface area contributed by atoms with Gasteiger partial charge in [-0.2, -0.15) is 5.10 Å². The number of benzene rings is 2. The summed E-state index contributed by atoms with van der Waals surface area (Å²) in [6, 6.07) is 10.1. The number of rotatable bonds is 1. The number of nitrogens with one attached hydrogen (secondary N) is 1. The summed E-state index contributed by atoms with van der Waals surface area (Å²) in [5.74, 6) is 0.736. The van der Waals surface area contributed by atoms with Gasteiger partial charge in [-0.3, -0.25) is 4.79 Å². The highest BCUT2D eigenvalue weighted by molar-refractivity contribution is 6.16. The normalized spacial score (nSPS) is 15.5. The molecule has 138 valence electrons. The number of amides is 3. The molecule has 2 aromatic carbocycles. The van der Waals surface area contributed by atoms with E-state index in [1.807, 2.05) is 0 Å². The smallest absolute Gasteiger partial charge is 0.344 e. The summed E-state index contributed by atoms with van der Waals surface area (Å²) in [7, 11) is 1.45. The van der Waals surface area contributed by atoms with Gasteiger partial charge in [0.15, 0.2) is 11.5 Å². The van der Waals surface area contributed by atoms with Crippen LogP contribution in [0.2, 0.25) is 0 Å². The Morgan fingerprint density at radius 1 is 1.15 bits per heavy atom. The number of carbonyl (C=O) groups is 2. The molecule has 3 N–H and O–H groups in total. The molecule has 0 radical (unpaired) electrons. The summed E-state index contributed by atoms with van der Waals surface area (Å²) in [5.41, 5.74) is 9.03. The Morgan fingerprint density at radius 2 is 1.81 bits per heavy atom. The highest BCUT2D eigenvalue weighted by Crippen LogP contribution is 2.35. The molecule has 2 aromatic rings. The zero-order valence-corrected chi connectivity index (χ0v) is 14.7. The lowest BCUT2D eigenvalue weighted by molar-refractivity contribution is -0.127. The Balaban J connectivity index is 1.91. The zero-order valence-electron chi connectivity index (χ0n) is 14.7. The molecule has 0 aromatic heterocycles. The quantitative estimate of drug-likeness (QED) is 0.744. The minimum atomic E-state index is -0.599. The number of hydrazone groups is 1. The first-order chi connectivity index (χ1) is 13.1. The number of carbonyl (C=O) groups excluding carboxylic acids is 2. The number of hydrogen-bond acceptors (Lipinski definition) is 6. The lowest BCUT2D eigenvalue weighted by Crippen LogP contribution is -2.39. The molecule has 0 fully saturated rings. The second kappa shape index (κ2) is 6.64. The molecular weight excluding hydrogens is 348 g/mol. The van der Waals surface area contributed by atoms with Crippen molar-refractivity contribution in [1.82, 2.24) is 10.3 Å². The van der Waals surface area contributed by atoms with Gasteiger partial charge in [-0.05, 0) is 29.8 Å². The van der Waals surface area contributed by atoms with E-state index >= 15 is 0 Å².